The standard InChI is InChI=1S/C11H11F2NO2/c1-15-5-8-7-2-6(12)3-9(13)11(7)16-10(8)4-14/h2-3H,4-5,14H2,1H3. The second-order valence-electron chi connectivity index (χ2n) is 3.41. The number of benzene rings is 1. The van der Waals surface area contributed by atoms with E-state index in [0.717, 1.165) is 6.07 Å². The number of nitrogens with two attached hydrogens (primary N) is 1. The SMILES string of the molecule is COCc1c(CN)oc2c(F)cc(F)cc12. The van der Waals surface area contributed by atoms with Gasteiger partial charge in [-0.2, -0.15) is 0 Å². The van der Waals surface area contributed by atoms with Crippen molar-refractivity contribution < 1.29 is 17.9 Å². The second-order valence-corrected chi connectivity index (χ2v) is 3.41. The van der Waals surface area contributed by atoms with Crippen molar-refractivity contribution in [2.75, 3.05) is 7.11 Å². The molecule has 2 rings (SSSR count). The minimum absolute atomic E-state index is 0.0221. The predicted molar refractivity (Wildman–Crippen MR) is 54.7 cm³/mol. The highest BCUT2D eigenvalue weighted by Gasteiger charge is 2.17. The first-order valence-corrected chi connectivity index (χ1v) is 4.75. The second kappa shape index (κ2) is 4.19. The molecule has 0 atom stereocenters. The summed E-state index contributed by atoms with van der Waals surface area (Å²) in [6.45, 7) is 0.330. The summed E-state index contributed by atoms with van der Waals surface area (Å²) >= 11 is 0. The number of hydrogen-bond donors (Lipinski definition) is 1. The molecule has 5 heteroatoms. The van der Waals surface area contributed by atoms with Gasteiger partial charge in [-0.25, -0.2) is 8.78 Å². The Kier molecular flexibility index (Phi) is 2.89. The minimum atomic E-state index is -0.730. The average molecular weight is 227 g/mol. The highest BCUT2D eigenvalue weighted by Crippen LogP contribution is 2.29. The van der Waals surface area contributed by atoms with Gasteiger partial charge in [0.15, 0.2) is 11.4 Å². The molecule has 2 aromatic rings. The average Bonchev–Trinajstić information content (AvgIpc) is 2.58. The molecule has 1 aromatic carbocycles. The lowest BCUT2D eigenvalue weighted by Gasteiger charge is -1.98. The van der Waals surface area contributed by atoms with Crippen LogP contribution in [0.3, 0.4) is 0 Å². The monoisotopic (exact) mass is 227 g/mol. The van der Waals surface area contributed by atoms with Crippen LogP contribution in [-0.2, 0) is 17.9 Å². The minimum Gasteiger partial charge on any atom is -0.456 e. The van der Waals surface area contributed by atoms with Crippen LogP contribution in [0.1, 0.15) is 11.3 Å². The van der Waals surface area contributed by atoms with Crippen LogP contribution in [0, 0.1) is 11.6 Å². The molecule has 0 saturated heterocycles. The molecule has 0 fully saturated rings. The summed E-state index contributed by atoms with van der Waals surface area (Å²) in [6, 6.07) is 2.00. The van der Waals surface area contributed by atoms with Gasteiger partial charge in [0.25, 0.3) is 0 Å². The van der Waals surface area contributed by atoms with E-state index in [4.69, 9.17) is 14.9 Å². The molecule has 3 nitrogen and oxygen atoms in total. The quantitative estimate of drug-likeness (QED) is 0.875. The van der Waals surface area contributed by atoms with Gasteiger partial charge in [-0.3, -0.25) is 0 Å². The lowest BCUT2D eigenvalue weighted by molar-refractivity contribution is 0.184. The Balaban J connectivity index is 2.73. The molecule has 0 bridgehead atoms. The zero-order valence-electron chi connectivity index (χ0n) is 8.72. The maximum atomic E-state index is 13.4. The van der Waals surface area contributed by atoms with Crippen LogP contribution in [0.5, 0.6) is 0 Å². The Morgan fingerprint density at radius 3 is 2.75 bits per heavy atom. The largest absolute Gasteiger partial charge is 0.456 e. The molecule has 0 saturated carbocycles. The van der Waals surface area contributed by atoms with Crippen LogP contribution in [-0.4, -0.2) is 7.11 Å². The first-order valence-electron chi connectivity index (χ1n) is 4.75. The summed E-state index contributed by atoms with van der Waals surface area (Å²) in [7, 11) is 1.49. The fourth-order valence-corrected chi connectivity index (χ4v) is 1.69. The third-order valence-electron chi connectivity index (χ3n) is 2.37. The third-order valence-corrected chi connectivity index (χ3v) is 2.37. The van der Waals surface area contributed by atoms with Gasteiger partial charge in [-0.15, -0.1) is 0 Å². The van der Waals surface area contributed by atoms with E-state index in [0.29, 0.717) is 16.7 Å². The predicted octanol–water partition coefficient (Wildman–Crippen LogP) is 2.32. The topological polar surface area (TPSA) is 48.4 Å². The molecule has 1 aromatic heterocycles. The molecule has 0 amide bonds. The van der Waals surface area contributed by atoms with Gasteiger partial charge in [0.2, 0.25) is 0 Å². The maximum Gasteiger partial charge on any atom is 0.170 e. The molecule has 1 heterocycles. The van der Waals surface area contributed by atoms with Gasteiger partial charge >= 0.3 is 0 Å². The van der Waals surface area contributed by atoms with Crippen molar-refractivity contribution in [3.05, 3.63) is 35.1 Å². The summed E-state index contributed by atoms with van der Waals surface area (Å²) in [5.41, 5.74) is 6.09. The zero-order valence-corrected chi connectivity index (χ0v) is 8.72. The smallest absolute Gasteiger partial charge is 0.170 e. The Hall–Kier alpha value is -1.46. The zero-order chi connectivity index (χ0) is 11.7. The summed E-state index contributed by atoms with van der Waals surface area (Å²) in [5, 5.41) is 0.375. The van der Waals surface area contributed by atoms with Crippen molar-refractivity contribution in [3.63, 3.8) is 0 Å². The number of rotatable bonds is 3. The summed E-state index contributed by atoms with van der Waals surface area (Å²) < 4.78 is 36.7. The number of hydrogen-bond acceptors (Lipinski definition) is 3. The van der Waals surface area contributed by atoms with Crippen LogP contribution in [0.25, 0.3) is 11.0 Å². The van der Waals surface area contributed by atoms with E-state index < -0.39 is 11.6 Å². The number of halogens is 2. The van der Waals surface area contributed by atoms with Gasteiger partial charge < -0.3 is 14.9 Å². The van der Waals surface area contributed by atoms with Crippen molar-refractivity contribution >= 4 is 11.0 Å². The highest BCUT2D eigenvalue weighted by atomic mass is 19.1. The number of ether oxygens (including phenoxy) is 1. The normalized spacial score (nSPS) is 11.2. The van der Waals surface area contributed by atoms with E-state index in [1.165, 1.54) is 13.2 Å². The van der Waals surface area contributed by atoms with Crippen molar-refractivity contribution in [2.24, 2.45) is 5.73 Å². The highest BCUT2D eigenvalue weighted by molar-refractivity contribution is 5.82. The van der Waals surface area contributed by atoms with Gasteiger partial charge in [0.1, 0.15) is 11.6 Å². The molecule has 0 aliphatic rings. The van der Waals surface area contributed by atoms with E-state index in [-0.39, 0.29) is 18.7 Å². The summed E-state index contributed by atoms with van der Waals surface area (Å²) in [4.78, 5) is 0. The van der Waals surface area contributed by atoms with E-state index in [1.807, 2.05) is 0 Å². The van der Waals surface area contributed by atoms with Crippen LogP contribution in [0.4, 0.5) is 8.78 Å². The Morgan fingerprint density at radius 1 is 1.38 bits per heavy atom. The molecule has 0 unspecified atom stereocenters. The van der Waals surface area contributed by atoms with Crippen LogP contribution in [0.15, 0.2) is 16.5 Å². The van der Waals surface area contributed by atoms with Gasteiger partial charge in [-0.1, -0.05) is 0 Å². The van der Waals surface area contributed by atoms with E-state index in [9.17, 15) is 8.78 Å². The van der Waals surface area contributed by atoms with E-state index in [2.05, 4.69) is 0 Å². The fraction of sp³-hybridized carbons (Fsp3) is 0.273. The molecule has 0 aliphatic heterocycles. The number of methoxy groups -OCH3 is 1. The van der Waals surface area contributed by atoms with E-state index in [1.54, 1.807) is 0 Å². The molecular formula is C11H11F2NO2. The Morgan fingerprint density at radius 2 is 2.12 bits per heavy atom. The van der Waals surface area contributed by atoms with Gasteiger partial charge in [0, 0.05) is 24.1 Å². The number of fused-ring (bicyclic) bond motifs is 1. The molecule has 86 valence electrons. The Labute approximate surface area is 90.8 Å². The molecule has 2 N–H and O–H groups in total. The lowest BCUT2D eigenvalue weighted by Crippen LogP contribution is -1.99. The van der Waals surface area contributed by atoms with Crippen molar-refractivity contribution in [1.29, 1.82) is 0 Å². The molecule has 0 spiro atoms. The maximum absolute atomic E-state index is 13.4. The third kappa shape index (κ3) is 1.68. The van der Waals surface area contributed by atoms with Crippen molar-refractivity contribution in [1.82, 2.24) is 0 Å². The fourth-order valence-electron chi connectivity index (χ4n) is 1.69. The Bertz CT molecular complexity index is 522. The molecular weight excluding hydrogens is 216 g/mol. The van der Waals surface area contributed by atoms with Crippen molar-refractivity contribution in [2.45, 2.75) is 13.2 Å². The van der Waals surface area contributed by atoms with Gasteiger partial charge in [0.05, 0.1) is 13.2 Å². The van der Waals surface area contributed by atoms with Crippen LogP contribution >= 0.6 is 0 Å². The van der Waals surface area contributed by atoms with E-state index >= 15 is 0 Å². The summed E-state index contributed by atoms with van der Waals surface area (Å²) in [5.74, 6) is -0.958. The number of furan rings is 1. The van der Waals surface area contributed by atoms with Crippen LogP contribution < -0.4 is 5.73 Å². The lowest BCUT2D eigenvalue weighted by atomic mass is 10.1. The van der Waals surface area contributed by atoms with Crippen LogP contribution in [0.2, 0.25) is 0 Å². The summed E-state index contributed by atoms with van der Waals surface area (Å²) in [6.07, 6.45) is 0. The van der Waals surface area contributed by atoms with Gasteiger partial charge in [-0.05, 0) is 6.07 Å². The molecule has 0 radical (unpaired) electrons. The first-order chi connectivity index (χ1) is 7.67. The van der Waals surface area contributed by atoms with Crippen molar-refractivity contribution in [3.8, 4) is 0 Å². The first kappa shape index (κ1) is 11.0. The molecule has 0 aliphatic carbocycles. The molecule has 16 heavy (non-hydrogen) atoms.